The SMILES string of the molecule is CCOc1ccc(C(C)=O)cc1CSc1nc(-c2ccccc2)cs1. The van der Waals surface area contributed by atoms with Crippen LogP contribution >= 0.6 is 23.1 Å². The van der Waals surface area contributed by atoms with Gasteiger partial charge in [-0.1, -0.05) is 42.1 Å². The maximum absolute atomic E-state index is 11.6. The summed E-state index contributed by atoms with van der Waals surface area (Å²) in [5.74, 6) is 1.62. The summed E-state index contributed by atoms with van der Waals surface area (Å²) < 4.78 is 6.70. The van der Waals surface area contributed by atoms with Crippen molar-refractivity contribution in [1.82, 2.24) is 4.98 Å². The summed E-state index contributed by atoms with van der Waals surface area (Å²) >= 11 is 3.30. The van der Waals surface area contributed by atoms with Crippen molar-refractivity contribution < 1.29 is 9.53 Å². The smallest absolute Gasteiger partial charge is 0.159 e. The van der Waals surface area contributed by atoms with Gasteiger partial charge in [-0.05, 0) is 32.0 Å². The molecule has 0 radical (unpaired) electrons. The van der Waals surface area contributed by atoms with Crippen LogP contribution in [0.1, 0.15) is 29.8 Å². The van der Waals surface area contributed by atoms with Gasteiger partial charge in [0.2, 0.25) is 0 Å². The maximum Gasteiger partial charge on any atom is 0.159 e. The van der Waals surface area contributed by atoms with Crippen LogP contribution in [0, 0.1) is 0 Å². The molecule has 0 aliphatic carbocycles. The second-order valence-corrected chi connectivity index (χ2v) is 7.55. The van der Waals surface area contributed by atoms with Crippen LogP contribution in [-0.4, -0.2) is 17.4 Å². The predicted octanol–water partition coefficient (Wildman–Crippen LogP) is 5.70. The summed E-state index contributed by atoms with van der Waals surface area (Å²) in [7, 11) is 0. The predicted molar refractivity (Wildman–Crippen MR) is 105 cm³/mol. The number of thioether (sulfide) groups is 1. The molecule has 0 saturated carbocycles. The molecule has 0 aliphatic heterocycles. The fourth-order valence-electron chi connectivity index (χ4n) is 2.41. The molecular weight excluding hydrogens is 350 g/mol. The molecule has 3 nitrogen and oxygen atoms in total. The molecule has 5 heteroatoms. The van der Waals surface area contributed by atoms with Crippen molar-refractivity contribution in [3.63, 3.8) is 0 Å². The number of aromatic nitrogens is 1. The molecule has 3 rings (SSSR count). The number of ether oxygens (including phenoxy) is 1. The molecule has 3 aromatic rings. The van der Waals surface area contributed by atoms with Gasteiger partial charge in [-0.2, -0.15) is 0 Å². The number of thiazole rings is 1. The van der Waals surface area contributed by atoms with E-state index in [0.717, 1.165) is 32.7 Å². The highest BCUT2D eigenvalue weighted by atomic mass is 32.2. The van der Waals surface area contributed by atoms with E-state index in [1.54, 1.807) is 30.0 Å². The summed E-state index contributed by atoms with van der Waals surface area (Å²) in [6.45, 7) is 4.15. The number of carbonyl (C=O) groups excluding carboxylic acids is 1. The van der Waals surface area contributed by atoms with E-state index in [9.17, 15) is 4.79 Å². The molecule has 25 heavy (non-hydrogen) atoms. The standard InChI is InChI=1S/C20H19NO2S2/c1-3-23-19-10-9-16(14(2)22)11-17(19)12-24-20-21-18(13-25-20)15-7-5-4-6-8-15/h4-11,13H,3,12H2,1-2H3. The van der Waals surface area contributed by atoms with Gasteiger partial charge in [0.05, 0.1) is 12.3 Å². The lowest BCUT2D eigenvalue weighted by molar-refractivity contribution is 0.101. The Morgan fingerprint density at radius 1 is 1.20 bits per heavy atom. The molecular formula is C20H19NO2S2. The number of rotatable bonds is 7. The lowest BCUT2D eigenvalue weighted by atomic mass is 10.1. The van der Waals surface area contributed by atoms with Gasteiger partial charge < -0.3 is 4.74 Å². The van der Waals surface area contributed by atoms with Crippen LogP contribution in [0.5, 0.6) is 5.75 Å². The normalized spacial score (nSPS) is 10.6. The Labute approximate surface area is 156 Å². The molecule has 128 valence electrons. The van der Waals surface area contributed by atoms with Crippen LogP contribution in [-0.2, 0) is 5.75 Å². The fraction of sp³-hybridized carbons (Fsp3) is 0.200. The van der Waals surface area contributed by atoms with Gasteiger partial charge in [0.1, 0.15) is 5.75 Å². The Morgan fingerprint density at radius 3 is 2.72 bits per heavy atom. The van der Waals surface area contributed by atoms with Gasteiger partial charge in [0.15, 0.2) is 10.1 Å². The van der Waals surface area contributed by atoms with Crippen molar-refractivity contribution in [3.05, 3.63) is 65.0 Å². The minimum absolute atomic E-state index is 0.0647. The second kappa shape index (κ2) is 8.32. The van der Waals surface area contributed by atoms with Gasteiger partial charge in [0.25, 0.3) is 0 Å². The van der Waals surface area contributed by atoms with E-state index in [1.165, 1.54) is 0 Å². The first-order chi connectivity index (χ1) is 12.2. The molecule has 2 aromatic carbocycles. The van der Waals surface area contributed by atoms with Crippen molar-refractivity contribution in [1.29, 1.82) is 0 Å². The molecule has 0 unspecified atom stereocenters. The van der Waals surface area contributed by atoms with Crippen molar-refractivity contribution >= 4 is 28.9 Å². The number of Topliss-reactive ketones (excluding diaryl/α,β-unsaturated/α-hetero) is 1. The second-order valence-electron chi connectivity index (χ2n) is 5.47. The van der Waals surface area contributed by atoms with Crippen molar-refractivity contribution in [2.24, 2.45) is 0 Å². The van der Waals surface area contributed by atoms with Gasteiger partial charge in [-0.3, -0.25) is 4.79 Å². The first kappa shape index (κ1) is 17.7. The first-order valence-corrected chi connectivity index (χ1v) is 9.94. The molecule has 0 aliphatic rings. The number of benzene rings is 2. The molecule has 0 amide bonds. The van der Waals surface area contributed by atoms with Gasteiger partial charge >= 0.3 is 0 Å². The maximum atomic E-state index is 11.6. The van der Waals surface area contributed by atoms with Crippen LogP contribution in [0.3, 0.4) is 0 Å². The van der Waals surface area contributed by atoms with E-state index in [-0.39, 0.29) is 5.78 Å². The van der Waals surface area contributed by atoms with Gasteiger partial charge in [-0.15, -0.1) is 11.3 Å². The van der Waals surface area contributed by atoms with E-state index < -0.39 is 0 Å². The molecule has 0 saturated heterocycles. The zero-order valence-electron chi connectivity index (χ0n) is 14.2. The molecule has 0 spiro atoms. The number of carbonyl (C=O) groups is 1. The number of nitrogens with zero attached hydrogens (tertiary/aromatic N) is 1. The molecule has 1 heterocycles. The molecule has 0 fully saturated rings. The topological polar surface area (TPSA) is 39.2 Å². The Balaban J connectivity index is 1.76. The summed E-state index contributed by atoms with van der Waals surface area (Å²) in [4.78, 5) is 16.3. The lowest BCUT2D eigenvalue weighted by Gasteiger charge is -2.10. The van der Waals surface area contributed by atoms with E-state index in [0.29, 0.717) is 12.2 Å². The highest BCUT2D eigenvalue weighted by Gasteiger charge is 2.10. The largest absolute Gasteiger partial charge is 0.494 e. The van der Waals surface area contributed by atoms with Crippen LogP contribution in [0.4, 0.5) is 0 Å². The molecule has 0 bridgehead atoms. The Morgan fingerprint density at radius 2 is 2.00 bits per heavy atom. The minimum Gasteiger partial charge on any atom is -0.494 e. The van der Waals surface area contributed by atoms with E-state index >= 15 is 0 Å². The Kier molecular flexibility index (Phi) is 5.89. The third kappa shape index (κ3) is 4.50. The molecule has 0 N–H and O–H groups in total. The van der Waals surface area contributed by atoms with Crippen molar-refractivity contribution in [3.8, 4) is 17.0 Å². The zero-order valence-corrected chi connectivity index (χ0v) is 15.8. The van der Waals surface area contributed by atoms with Crippen LogP contribution in [0.2, 0.25) is 0 Å². The Hall–Kier alpha value is -2.11. The summed E-state index contributed by atoms with van der Waals surface area (Å²) in [6, 6.07) is 15.8. The monoisotopic (exact) mass is 369 g/mol. The van der Waals surface area contributed by atoms with Crippen LogP contribution < -0.4 is 4.74 Å². The van der Waals surface area contributed by atoms with E-state index in [4.69, 9.17) is 9.72 Å². The van der Waals surface area contributed by atoms with Crippen molar-refractivity contribution in [2.75, 3.05) is 6.61 Å². The van der Waals surface area contributed by atoms with E-state index in [1.807, 2.05) is 43.3 Å². The Bertz CT molecular complexity index is 859. The van der Waals surface area contributed by atoms with Crippen LogP contribution in [0.25, 0.3) is 11.3 Å². The fourth-order valence-corrected chi connectivity index (χ4v) is 4.23. The molecule has 1 aromatic heterocycles. The minimum atomic E-state index is 0.0647. The average molecular weight is 370 g/mol. The summed E-state index contributed by atoms with van der Waals surface area (Å²) in [5, 5.41) is 2.08. The zero-order chi connectivity index (χ0) is 17.6. The molecule has 0 atom stereocenters. The number of hydrogen-bond donors (Lipinski definition) is 0. The van der Waals surface area contributed by atoms with Crippen molar-refractivity contribution in [2.45, 2.75) is 23.9 Å². The highest BCUT2D eigenvalue weighted by molar-refractivity contribution is 8.00. The van der Waals surface area contributed by atoms with E-state index in [2.05, 4.69) is 17.5 Å². The average Bonchev–Trinajstić information content (AvgIpc) is 3.11. The summed E-state index contributed by atoms with van der Waals surface area (Å²) in [6.07, 6.45) is 0. The van der Waals surface area contributed by atoms with Gasteiger partial charge in [0, 0.05) is 27.8 Å². The summed E-state index contributed by atoms with van der Waals surface area (Å²) in [5.41, 5.74) is 3.86. The van der Waals surface area contributed by atoms with Gasteiger partial charge in [-0.25, -0.2) is 4.98 Å². The van der Waals surface area contributed by atoms with Crippen LogP contribution in [0.15, 0.2) is 58.3 Å². The lowest BCUT2D eigenvalue weighted by Crippen LogP contribution is -1.99. The quantitative estimate of drug-likeness (QED) is 0.395. The highest BCUT2D eigenvalue weighted by Crippen LogP contribution is 2.33. The third-order valence-corrected chi connectivity index (χ3v) is 5.74. The number of hydrogen-bond acceptors (Lipinski definition) is 5. The number of ketones is 1. The third-order valence-electron chi connectivity index (χ3n) is 3.67. The first-order valence-electron chi connectivity index (χ1n) is 8.07.